The predicted molar refractivity (Wildman–Crippen MR) is 153 cm³/mol. The number of benzene rings is 1. The molecule has 218 valence electrons. The zero-order valence-electron chi connectivity index (χ0n) is 23.0. The first-order chi connectivity index (χ1) is 19.8. The fourth-order valence-electron chi connectivity index (χ4n) is 6.05. The van der Waals surface area contributed by atoms with E-state index in [1.54, 1.807) is 11.1 Å². The summed E-state index contributed by atoms with van der Waals surface area (Å²) in [6.45, 7) is 7.55. The molecule has 3 aliphatic rings. The van der Waals surface area contributed by atoms with Crippen molar-refractivity contribution in [2.45, 2.75) is 38.0 Å². The van der Waals surface area contributed by atoms with E-state index in [0.717, 1.165) is 29.6 Å². The van der Waals surface area contributed by atoms with Gasteiger partial charge in [0.25, 0.3) is 0 Å². The van der Waals surface area contributed by atoms with E-state index in [0.29, 0.717) is 69.1 Å². The number of likely N-dealkylation sites (N-methyl/N-ethyl adjacent to an activating group) is 1. The van der Waals surface area contributed by atoms with E-state index in [9.17, 15) is 13.6 Å². The summed E-state index contributed by atoms with van der Waals surface area (Å²) < 4.78 is 34.8. The SMILES string of the molecule is C=CC(=O)N1CCN(c2nc(OC[C@@H]3C[C@@H](F)CN3C)nc3c2CCCN3Cc2c(Cl)c(F)cc3[nH]ncc23)CC1. The molecule has 1 amide bonds. The molecule has 3 aromatic rings. The lowest BCUT2D eigenvalue weighted by atomic mass is 10.0. The first-order valence-corrected chi connectivity index (χ1v) is 14.3. The molecule has 2 fully saturated rings. The molecule has 41 heavy (non-hydrogen) atoms. The van der Waals surface area contributed by atoms with Crippen molar-refractivity contribution in [2.75, 3.05) is 62.7 Å². The third-order valence-electron chi connectivity index (χ3n) is 8.29. The van der Waals surface area contributed by atoms with Crippen LogP contribution in [0.1, 0.15) is 24.0 Å². The van der Waals surface area contributed by atoms with E-state index in [-0.39, 0.29) is 29.6 Å². The maximum atomic E-state index is 14.7. The highest BCUT2D eigenvalue weighted by Gasteiger charge is 2.32. The molecule has 0 aliphatic carbocycles. The molecule has 13 heteroatoms. The number of anilines is 2. The van der Waals surface area contributed by atoms with Crippen molar-refractivity contribution in [2.24, 2.45) is 0 Å². The summed E-state index contributed by atoms with van der Waals surface area (Å²) in [4.78, 5) is 29.8. The second-order valence-corrected chi connectivity index (χ2v) is 11.3. The highest BCUT2D eigenvalue weighted by Crippen LogP contribution is 2.37. The highest BCUT2D eigenvalue weighted by molar-refractivity contribution is 6.32. The third-order valence-corrected chi connectivity index (χ3v) is 8.70. The van der Waals surface area contributed by atoms with Gasteiger partial charge in [0.05, 0.1) is 16.7 Å². The van der Waals surface area contributed by atoms with Gasteiger partial charge in [-0.05, 0) is 32.4 Å². The van der Waals surface area contributed by atoms with Crippen LogP contribution in [0.25, 0.3) is 10.9 Å². The second-order valence-electron chi connectivity index (χ2n) is 10.9. The molecule has 2 saturated heterocycles. The largest absolute Gasteiger partial charge is 0.462 e. The Kier molecular flexibility index (Phi) is 7.69. The molecule has 10 nitrogen and oxygen atoms in total. The summed E-state index contributed by atoms with van der Waals surface area (Å²) in [6.07, 6.45) is 4.13. The average Bonchev–Trinajstić information content (AvgIpc) is 3.58. The minimum absolute atomic E-state index is 0.0600. The number of hydrogen-bond acceptors (Lipinski definition) is 8. The number of carbonyl (C=O) groups excluding carboxylic acids is 1. The minimum atomic E-state index is -0.880. The number of ether oxygens (including phenoxy) is 1. The zero-order valence-corrected chi connectivity index (χ0v) is 23.7. The summed E-state index contributed by atoms with van der Waals surface area (Å²) in [5, 5.41) is 7.72. The van der Waals surface area contributed by atoms with Gasteiger partial charge in [-0.25, -0.2) is 8.78 Å². The average molecular weight is 587 g/mol. The lowest BCUT2D eigenvalue weighted by Gasteiger charge is -2.38. The van der Waals surface area contributed by atoms with Gasteiger partial charge in [0.1, 0.15) is 30.2 Å². The van der Waals surface area contributed by atoms with Crippen LogP contribution < -0.4 is 14.5 Å². The van der Waals surface area contributed by atoms with Crippen molar-refractivity contribution in [3.63, 3.8) is 0 Å². The second kappa shape index (κ2) is 11.4. The number of carbonyl (C=O) groups is 1. The lowest BCUT2D eigenvalue weighted by molar-refractivity contribution is -0.126. The van der Waals surface area contributed by atoms with Crippen LogP contribution in [0.2, 0.25) is 5.02 Å². The molecule has 0 unspecified atom stereocenters. The Hall–Kier alpha value is -3.51. The molecule has 0 bridgehead atoms. The number of hydrogen-bond donors (Lipinski definition) is 1. The molecule has 1 N–H and O–H groups in total. The number of nitrogens with zero attached hydrogens (tertiary/aromatic N) is 7. The van der Waals surface area contributed by atoms with E-state index in [4.69, 9.17) is 26.3 Å². The minimum Gasteiger partial charge on any atom is -0.462 e. The van der Waals surface area contributed by atoms with Crippen molar-refractivity contribution in [3.8, 4) is 6.01 Å². The number of halogens is 3. The van der Waals surface area contributed by atoms with Gasteiger partial charge in [-0.2, -0.15) is 15.1 Å². The van der Waals surface area contributed by atoms with Crippen molar-refractivity contribution in [1.82, 2.24) is 30.0 Å². The number of aromatic amines is 1. The van der Waals surface area contributed by atoms with Gasteiger partial charge in [-0.15, -0.1) is 0 Å². The van der Waals surface area contributed by atoms with Gasteiger partial charge < -0.3 is 19.4 Å². The monoisotopic (exact) mass is 586 g/mol. The molecule has 5 heterocycles. The molecule has 3 aliphatic heterocycles. The topological polar surface area (TPSA) is 93.7 Å². The summed E-state index contributed by atoms with van der Waals surface area (Å²) in [5.74, 6) is 0.874. The number of amides is 1. The Labute approximate surface area is 241 Å². The third kappa shape index (κ3) is 5.42. The number of fused-ring (bicyclic) bond motifs is 2. The van der Waals surface area contributed by atoms with Gasteiger partial charge in [0.2, 0.25) is 5.91 Å². The summed E-state index contributed by atoms with van der Waals surface area (Å²) in [5.41, 5.74) is 2.18. The lowest BCUT2D eigenvalue weighted by Crippen LogP contribution is -2.49. The van der Waals surface area contributed by atoms with Crippen LogP contribution in [0.15, 0.2) is 24.9 Å². The number of alkyl halides is 1. The fourth-order valence-corrected chi connectivity index (χ4v) is 6.26. The standard InChI is InChI=1S/C28H33ClF2N8O2/c1-3-24(40)37-7-9-38(10-8-37)26-19-5-4-6-39(15-21-20-13-32-35-23(20)12-22(31)25(21)29)27(19)34-28(33-26)41-16-18-11-17(30)14-36(18)2/h3,12-13,17-18H,1,4-11,14-16H2,2H3,(H,32,35)/t17-,18+/m1/s1. The normalized spacial score (nSPS) is 21.4. The number of aromatic nitrogens is 4. The Balaban J connectivity index is 1.34. The van der Waals surface area contributed by atoms with E-state index in [2.05, 4.69) is 26.6 Å². The van der Waals surface area contributed by atoms with Crippen LogP contribution >= 0.6 is 11.6 Å². The number of nitrogens with one attached hydrogen (secondary N) is 1. The number of H-pyrrole nitrogens is 1. The predicted octanol–water partition coefficient (Wildman–Crippen LogP) is 3.35. The van der Waals surface area contributed by atoms with E-state index in [1.165, 1.54) is 12.1 Å². The molecule has 2 aromatic heterocycles. The van der Waals surface area contributed by atoms with Gasteiger partial charge in [0, 0.05) is 74.4 Å². The quantitative estimate of drug-likeness (QED) is 0.421. The zero-order chi connectivity index (χ0) is 28.7. The van der Waals surface area contributed by atoms with Gasteiger partial charge in [-0.1, -0.05) is 18.2 Å². The van der Waals surface area contributed by atoms with E-state index < -0.39 is 12.0 Å². The maximum absolute atomic E-state index is 14.7. The Morgan fingerprint density at radius 2 is 2.02 bits per heavy atom. The maximum Gasteiger partial charge on any atom is 0.320 e. The Morgan fingerprint density at radius 3 is 2.76 bits per heavy atom. The van der Waals surface area contributed by atoms with Crippen LogP contribution in [-0.2, 0) is 17.8 Å². The molecular weight excluding hydrogens is 554 g/mol. The van der Waals surface area contributed by atoms with Gasteiger partial charge in [-0.3, -0.25) is 14.8 Å². The Morgan fingerprint density at radius 1 is 1.24 bits per heavy atom. The molecule has 0 spiro atoms. The number of rotatable bonds is 7. The first-order valence-electron chi connectivity index (χ1n) is 13.9. The van der Waals surface area contributed by atoms with Crippen LogP contribution in [0.5, 0.6) is 6.01 Å². The van der Waals surface area contributed by atoms with E-state index >= 15 is 0 Å². The van der Waals surface area contributed by atoms with Crippen LogP contribution in [0.3, 0.4) is 0 Å². The summed E-state index contributed by atoms with van der Waals surface area (Å²) in [6, 6.07) is 1.49. The first kappa shape index (κ1) is 27.6. The van der Waals surface area contributed by atoms with Crippen LogP contribution in [0.4, 0.5) is 20.4 Å². The molecule has 2 atom stereocenters. The molecule has 6 rings (SSSR count). The number of likely N-dealkylation sites (tertiary alicyclic amines) is 1. The van der Waals surface area contributed by atoms with Crippen molar-refractivity contribution >= 4 is 40.0 Å². The van der Waals surface area contributed by atoms with Crippen molar-refractivity contribution < 1.29 is 18.3 Å². The number of piperazine rings is 1. The van der Waals surface area contributed by atoms with E-state index in [1.807, 2.05) is 11.9 Å². The smallest absolute Gasteiger partial charge is 0.320 e. The summed E-state index contributed by atoms with van der Waals surface area (Å²) in [7, 11) is 1.89. The van der Waals surface area contributed by atoms with Crippen molar-refractivity contribution in [3.05, 3.63) is 46.9 Å². The molecular formula is C28H33ClF2N8O2. The van der Waals surface area contributed by atoms with Crippen LogP contribution in [-0.4, -0.2) is 101 Å². The molecule has 0 radical (unpaired) electrons. The van der Waals surface area contributed by atoms with Crippen LogP contribution in [0, 0.1) is 5.82 Å². The summed E-state index contributed by atoms with van der Waals surface area (Å²) >= 11 is 6.48. The van der Waals surface area contributed by atoms with Gasteiger partial charge in [0.15, 0.2) is 0 Å². The van der Waals surface area contributed by atoms with Crippen molar-refractivity contribution in [1.29, 1.82) is 0 Å². The van der Waals surface area contributed by atoms with Gasteiger partial charge >= 0.3 is 6.01 Å². The highest BCUT2D eigenvalue weighted by atomic mass is 35.5. The molecule has 0 saturated carbocycles. The molecule has 1 aromatic carbocycles. The fraction of sp³-hybridized carbons (Fsp3) is 0.500. The Bertz CT molecular complexity index is 1460.